The molecule has 0 spiro atoms. The average Bonchev–Trinajstić information content (AvgIpc) is 3.18. The fourth-order valence-electron chi connectivity index (χ4n) is 2.91. The first kappa shape index (κ1) is 19.5. The van der Waals surface area contributed by atoms with Gasteiger partial charge in [0.15, 0.2) is 12.3 Å². The molecular formula is C19H19Cl2N3O3. The van der Waals surface area contributed by atoms with Crippen LogP contribution >= 0.6 is 23.2 Å². The van der Waals surface area contributed by atoms with Crippen molar-refractivity contribution in [2.75, 3.05) is 29.9 Å². The third-order valence-corrected chi connectivity index (χ3v) is 4.81. The lowest BCUT2D eigenvalue weighted by Crippen LogP contribution is -2.22. The van der Waals surface area contributed by atoms with E-state index in [0.29, 0.717) is 5.69 Å². The number of hydrogen-bond donors (Lipinski definition) is 1. The van der Waals surface area contributed by atoms with Gasteiger partial charge in [-0.05, 0) is 55.7 Å². The molecule has 0 unspecified atom stereocenters. The number of benzene rings is 1. The second-order valence-corrected chi connectivity index (χ2v) is 7.08. The number of esters is 1. The minimum Gasteiger partial charge on any atom is -0.451 e. The Labute approximate surface area is 167 Å². The highest BCUT2D eigenvalue weighted by atomic mass is 35.5. The monoisotopic (exact) mass is 407 g/mol. The van der Waals surface area contributed by atoms with Crippen LogP contribution < -0.4 is 10.2 Å². The largest absolute Gasteiger partial charge is 0.451 e. The average molecular weight is 408 g/mol. The molecule has 142 valence electrons. The number of aryl methyl sites for hydroxylation is 1. The first-order chi connectivity index (χ1) is 12.9. The fraction of sp³-hybridized carbons (Fsp3) is 0.316. The van der Waals surface area contributed by atoms with Crippen LogP contribution in [0.3, 0.4) is 0 Å². The van der Waals surface area contributed by atoms with Crippen molar-refractivity contribution in [2.45, 2.75) is 19.8 Å². The molecule has 27 heavy (non-hydrogen) atoms. The molecule has 1 aliphatic heterocycles. The van der Waals surface area contributed by atoms with E-state index in [2.05, 4.69) is 15.2 Å². The van der Waals surface area contributed by atoms with Gasteiger partial charge in [-0.25, -0.2) is 9.78 Å². The lowest BCUT2D eigenvalue weighted by molar-refractivity contribution is -0.119. The molecule has 8 heteroatoms. The van der Waals surface area contributed by atoms with E-state index in [9.17, 15) is 9.59 Å². The Morgan fingerprint density at radius 2 is 1.93 bits per heavy atom. The second kappa shape index (κ2) is 8.59. The Morgan fingerprint density at radius 1 is 1.19 bits per heavy atom. The molecule has 1 saturated heterocycles. The molecule has 1 fully saturated rings. The summed E-state index contributed by atoms with van der Waals surface area (Å²) in [5.74, 6) is -1.25. The number of amides is 1. The van der Waals surface area contributed by atoms with E-state index in [1.54, 1.807) is 0 Å². The predicted molar refractivity (Wildman–Crippen MR) is 106 cm³/mol. The molecule has 1 aromatic heterocycles. The Hall–Kier alpha value is -2.31. The molecule has 3 rings (SSSR count). The maximum absolute atomic E-state index is 12.1. The molecule has 6 nitrogen and oxygen atoms in total. The molecule has 1 aromatic carbocycles. The summed E-state index contributed by atoms with van der Waals surface area (Å²) in [7, 11) is 0. The van der Waals surface area contributed by atoms with Crippen LogP contribution in [0, 0.1) is 6.92 Å². The van der Waals surface area contributed by atoms with E-state index >= 15 is 0 Å². The van der Waals surface area contributed by atoms with Crippen LogP contribution in [0.4, 0.5) is 11.4 Å². The summed E-state index contributed by atoms with van der Waals surface area (Å²) < 4.78 is 4.98. The van der Waals surface area contributed by atoms with Gasteiger partial charge in [0.2, 0.25) is 0 Å². The zero-order chi connectivity index (χ0) is 19.4. The Bertz CT molecular complexity index is 867. The Morgan fingerprint density at radius 3 is 2.63 bits per heavy atom. The molecular weight excluding hydrogens is 389 g/mol. The molecule has 0 aliphatic carbocycles. The van der Waals surface area contributed by atoms with E-state index < -0.39 is 18.5 Å². The van der Waals surface area contributed by atoms with Crippen molar-refractivity contribution in [1.29, 1.82) is 0 Å². The Kier molecular flexibility index (Phi) is 6.19. The molecule has 1 amide bonds. The second-order valence-electron chi connectivity index (χ2n) is 6.28. The highest BCUT2D eigenvalue weighted by Crippen LogP contribution is 2.25. The number of ether oxygens (including phenoxy) is 1. The van der Waals surface area contributed by atoms with E-state index in [4.69, 9.17) is 27.9 Å². The van der Waals surface area contributed by atoms with Gasteiger partial charge in [0.25, 0.3) is 5.91 Å². The number of nitrogens with zero attached hydrogens (tertiary/aromatic N) is 2. The van der Waals surface area contributed by atoms with Crippen molar-refractivity contribution in [3.05, 3.63) is 51.8 Å². The van der Waals surface area contributed by atoms with Crippen molar-refractivity contribution >= 4 is 46.5 Å². The maximum Gasteiger partial charge on any atom is 0.359 e. The SMILES string of the molecule is Cc1cc(N2CCCC2)ccc1NC(=O)COC(=O)c1nc(Cl)ccc1Cl. The first-order valence-corrected chi connectivity index (χ1v) is 9.34. The van der Waals surface area contributed by atoms with Crippen LogP contribution in [0.25, 0.3) is 0 Å². The summed E-state index contributed by atoms with van der Waals surface area (Å²) in [5, 5.41) is 2.97. The number of carbonyl (C=O) groups excluding carboxylic acids is 2. The number of nitrogens with one attached hydrogen (secondary N) is 1. The van der Waals surface area contributed by atoms with Crippen LogP contribution in [0.2, 0.25) is 10.2 Å². The van der Waals surface area contributed by atoms with Gasteiger partial charge in [0, 0.05) is 24.5 Å². The molecule has 2 heterocycles. The molecule has 1 N–H and O–H groups in total. The lowest BCUT2D eigenvalue weighted by atomic mass is 10.1. The normalized spacial score (nSPS) is 13.5. The number of aromatic nitrogens is 1. The van der Waals surface area contributed by atoms with Gasteiger partial charge in [-0.2, -0.15) is 0 Å². The number of pyridine rings is 1. The number of anilines is 2. The van der Waals surface area contributed by atoms with Crippen LogP contribution in [0.1, 0.15) is 28.9 Å². The summed E-state index contributed by atoms with van der Waals surface area (Å²) in [6.45, 7) is 3.59. The number of rotatable bonds is 5. The van der Waals surface area contributed by atoms with Crippen molar-refractivity contribution in [3.63, 3.8) is 0 Å². The van der Waals surface area contributed by atoms with E-state index in [1.165, 1.54) is 25.0 Å². The highest BCUT2D eigenvalue weighted by molar-refractivity contribution is 6.34. The van der Waals surface area contributed by atoms with Gasteiger partial charge in [-0.15, -0.1) is 0 Å². The van der Waals surface area contributed by atoms with Gasteiger partial charge in [0.05, 0.1) is 5.02 Å². The maximum atomic E-state index is 12.1. The summed E-state index contributed by atoms with van der Waals surface area (Å²) >= 11 is 11.6. The topological polar surface area (TPSA) is 71.5 Å². The smallest absolute Gasteiger partial charge is 0.359 e. The number of carbonyl (C=O) groups is 2. The lowest BCUT2D eigenvalue weighted by Gasteiger charge is -2.19. The van der Waals surface area contributed by atoms with Crippen molar-refractivity contribution in [1.82, 2.24) is 4.98 Å². The summed E-state index contributed by atoms with van der Waals surface area (Å²) in [6.07, 6.45) is 2.41. The van der Waals surface area contributed by atoms with E-state index in [-0.39, 0.29) is 15.9 Å². The minimum absolute atomic E-state index is 0.109. The van der Waals surface area contributed by atoms with Gasteiger partial charge in [-0.3, -0.25) is 4.79 Å². The Balaban J connectivity index is 1.57. The standard InChI is InChI=1S/C19H19Cl2N3O3/c1-12-10-13(24-8-2-3-9-24)4-6-15(12)22-17(25)11-27-19(26)18-14(20)5-7-16(21)23-18/h4-7,10H,2-3,8-9,11H2,1H3,(H,22,25). The van der Waals surface area contributed by atoms with Crippen LogP contribution in [-0.2, 0) is 9.53 Å². The number of halogens is 2. The van der Waals surface area contributed by atoms with Gasteiger partial charge < -0.3 is 15.0 Å². The van der Waals surface area contributed by atoms with Crippen LogP contribution in [0.5, 0.6) is 0 Å². The van der Waals surface area contributed by atoms with E-state index in [1.807, 2.05) is 25.1 Å². The van der Waals surface area contributed by atoms with E-state index in [0.717, 1.165) is 24.3 Å². The van der Waals surface area contributed by atoms with Gasteiger partial charge in [0.1, 0.15) is 5.15 Å². The zero-order valence-electron chi connectivity index (χ0n) is 14.8. The molecule has 0 atom stereocenters. The third kappa shape index (κ3) is 4.90. The van der Waals surface area contributed by atoms with Gasteiger partial charge in [-0.1, -0.05) is 23.2 Å². The fourth-order valence-corrected chi connectivity index (χ4v) is 3.24. The summed E-state index contributed by atoms with van der Waals surface area (Å²) in [4.78, 5) is 30.3. The molecule has 1 aliphatic rings. The molecule has 2 aromatic rings. The van der Waals surface area contributed by atoms with Crippen LogP contribution in [-0.4, -0.2) is 36.6 Å². The first-order valence-electron chi connectivity index (χ1n) is 8.58. The van der Waals surface area contributed by atoms with Crippen molar-refractivity contribution in [2.24, 2.45) is 0 Å². The zero-order valence-corrected chi connectivity index (χ0v) is 16.3. The molecule has 0 radical (unpaired) electrons. The van der Waals surface area contributed by atoms with Gasteiger partial charge >= 0.3 is 5.97 Å². The van der Waals surface area contributed by atoms with Crippen LogP contribution in [0.15, 0.2) is 30.3 Å². The highest BCUT2D eigenvalue weighted by Gasteiger charge is 2.17. The third-order valence-electron chi connectivity index (χ3n) is 4.30. The summed E-state index contributed by atoms with van der Waals surface area (Å²) in [5.41, 5.74) is 2.65. The van der Waals surface area contributed by atoms with Crippen molar-refractivity contribution < 1.29 is 14.3 Å². The number of hydrogen-bond acceptors (Lipinski definition) is 5. The molecule has 0 saturated carbocycles. The minimum atomic E-state index is -0.807. The summed E-state index contributed by atoms with van der Waals surface area (Å²) in [6, 6.07) is 8.79. The quantitative estimate of drug-likeness (QED) is 0.596. The molecule has 0 bridgehead atoms. The van der Waals surface area contributed by atoms with Crippen molar-refractivity contribution in [3.8, 4) is 0 Å². The predicted octanol–water partition coefficient (Wildman–Crippen LogP) is 4.09.